The molecular formula is C30H19F3O5. The minimum atomic E-state index is -5.01. The van der Waals surface area contributed by atoms with E-state index in [1.54, 1.807) is 25.1 Å². The van der Waals surface area contributed by atoms with Gasteiger partial charge >= 0.3 is 12.1 Å². The quantitative estimate of drug-likeness (QED) is 0.136. The van der Waals surface area contributed by atoms with Gasteiger partial charge < -0.3 is 13.9 Å². The Morgan fingerprint density at radius 1 is 0.868 bits per heavy atom. The van der Waals surface area contributed by atoms with Crippen LogP contribution in [0, 0.1) is 6.92 Å². The van der Waals surface area contributed by atoms with Gasteiger partial charge in [-0.05, 0) is 53.6 Å². The van der Waals surface area contributed by atoms with E-state index in [0.717, 1.165) is 28.0 Å². The van der Waals surface area contributed by atoms with Gasteiger partial charge in [-0.25, -0.2) is 4.79 Å². The normalized spacial score (nSPS) is 11.8. The first-order valence-corrected chi connectivity index (χ1v) is 11.5. The predicted molar refractivity (Wildman–Crippen MR) is 137 cm³/mol. The summed E-state index contributed by atoms with van der Waals surface area (Å²) in [5, 5.41) is 1.78. The molecule has 0 radical (unpaired) electrons. The number of alkyl halides is 3. The third-order valence-electron chi connectivity index (χ3n) is 5.76. The highest BCUT2D eigenvalue weighted by atomic mass is 19.4. The summed E-state index contributed by atoms with van der Waals surface area (Å²) in [7, 11) is 0. The molecule has 0 amide bonds. The predicted octanol–water partition coefficient (Wildman–Crippen LogP) is 7.68. The smallest absolute Gasteiger partial charge is 0.449 e. The summed E-state index contributed by atoms with van der Waals surface area (Å²) in [6, 6.07) is 23.1. The van der Waals surface area contributed by atoms with Gasteiger partial charge in [0.1, 0.15) is 17.1 Å². The van der Waals surface area contributed by atoms with Crippen LogP contribution in [0.5, 0.6) is 17.2 Å². The Morgan fingerprint density at radius 3 is 2.34 bits per heavy atom. The summed E-state index contributed by atoms with van der Waals surface area (Å²) in [5.41, 5.74) is 0.253. The van der Waals surface area contributed by atoms with Crippen molar-refractivity contribution in [2.24, 2.45) is 0 Å². The maximum atomic E-state index is 13.8. The highest BCUT2D eigenvalue weighted by Gasteiger charge is 2.40. The van der Waals surface area contributed by atoms with E-state index in [1.165, 1.54) is 30.3 Å². The molecule has 1 heterocycles. The fourth-order valence-corrected chi connectivity index (χ4v) is 3.93. The van der Waals surface area contributed by atoms with Crippen molar-refractivity contribution in [3.63, 3.8) is 0 Å². The Kier molecular flexibility index (Phi) is 6.46. The van der Waals surface area contributed by atoms with Crippen LogP contribution in [-0.4, -0.2) is 5.97 Å². The molecule has 5 aromatic rings. The fourth-order valence-electron chi connectivity index (χ4n) is 3.93. The lowest BCUT2D eigenvalue weighted by atomic mass is 10.0. The zero-order valence-electron chi connectivity index (χ0n) is 19.9. The molecule has 0 unspecified atom stereocenters. The first-order valence-electron chi connectivity index (χ1n) is 11.5. The van der Waals surface area contributed by atoms with E-state index in [4.69, 9.17) is 13.9 Å². The minimum absolute atomic E-state index is 0.0521. The van der Waals surface area contributed by atoms with Crippen LogP contribution in [0.25, 0.3) is 27.8 Å². The Morgan fingerprint density at radius 2 is 1.58 bits per heavy atom. The van der Waals surface area contributed by atoms with Crippen molar-refractivity contribution in [3.05, 3.63) is 118 Å². The summed E-state index contributed by atoms with van der Waals surface area (Å²) < 4.78 is 57.0. The van der Waals surface area contributed by atoms with Gasteiger partial charge in [-0.1, -0.05) is 60.2 Å². The van der Waals surface area contributed by atoms with Crippen LogP contribution < -0.4 is 14.9 Å². The van der Waals surface area contributed by atoms with Crippen molar-refractivity contribution in [2.45, 2.75) is 13.1 Å². The van der Waals surface area contributed by atoms with Gasteiger partial charge in [0, 0.05) is 12.1 Å². The molecule has 4 aromatic carbocycles. The van der Waals surface area contributed by atoms with E-state index in [1.807, 2.05) is 42.5 Å². The summed E-state index contributed by atoms with van der Waals surface area (Å²) >= 11 is 0. The topological polar surface area (TPSA) is 65.7 Å². The van der Waals surface area contributed by atoms with Crippen molar-refractivity contribution in [1.82, 2.24) is 0 Å². The van der Waals surface area contributed by atoms with E-state index in [-0.39, 0.29) is 16.9 Å². The van der Waals surface area contributed by atoms with Crippen LogP contribution >= 0.6 is 0 Å². The number of esters is 1. The monoisotopic (exact) mass is 516 g/mol. The second-order valence-electron chi connectivity index (χ2n) is 8.48. The lowest BCUT2D eigenvalue weighted by Gasteiger charge is -2.13. The zero-order chi connectivity index (χ0) is 26.9. The molecule has 1 aromatic heterocycles. The molecule has 5 rings (SSSR count). The second kappa shape index (κ2) is 9.89. The van der Waals surface area contributed by atoms with Crippen LogP contribution in [0.2, 0.25) is 0 Å². The molecule has 0 N–H and O–H groups in total. The van der Waals surface area contributed by atoms with E-state index in [9.17, 15) is 22.8 Å². The SMILES string of the molecule is Cc1ccc(Oc2c(C(F)(F)F)oc3cc(OC(=O)C=Cc4cccc5ccccc45)ccc3c2=O)cc1. The Bertz CT molecular complexity index is 1740. The van der Waals surface area contributed by atoms with Crippen LogP contribution in [0.4, 0.5) is 13.2 Å². The van der Waals surface area contributed by atoms with Crippen LogP contribution in [-0.2, 0) is 11.0 Å². The molecule has 0 aliphatic heterocycles. The standard InChI is InChI=1S/C30H19F3O5/c1-18-9-12-21(13-10-18)37-28-27(35)24-15-14-22(17-25(24)38-29(28)30(31,32)33)36-26(34)16-11-20-7-4-6-19-5-2-3-8-23(19)20/h2-17H,1H3. The number of aryl methyl sites for hydroxylation is 1. The number of hydrogen-bond acceptors (Lipinski definition) is 5. The number of hydrogen-bond donors (Lipinski definition) is 0. The number of ether oxygens (including phenoxy) is 2. The average Bonchev–Trinajstić information content (AvgIpc) is 2.89. The number of carbonyl (C=O) groups excluding carboxylic acids is 1. The van der Waals surface area contributed by atoms with E-state index >= 15 is 0 Å². The Balaban J connectivity index is 1.45. The lowest BCUT2D eigenvalue weighted by molar-refractivity contribution is -0.154. The minimum Gasteiger partial charge on any atom is -0.449 e. The molecule has 5 nitrogen and oxygen atoms in total. The number of fused-ring (bicyclic) bond motifs is 2. The number of halogens is 3. The molecule has 0 atom stereocenters. The molecule has 0 aliphatic rings. The van der Waals surface area contributed by atoms with Crippen molar-refractivity contribution in [3.8, 4) is 17.2 Å². The third-order valence-corrected chi connectivity index (χ3v) is 5.76. The van der Waals surface area contributed by atoms with Gasteiger partial charge in [0.15, 0.2) is 0 Å². The van der Waals surface area contributed by atoms with Gasteiger partial charge in [-0.3, -0.25) is 4.79 Å². The summed E-state index contributed by atoms with van der Waals surface area (Å²) in [6.07, 6.45) is -2.22. The highest BCUT2D eigenvalue weighted by molar-refractivity contribution is 5.95. The van der Waals surface area contributed by atoms with Crippen molar-refractivity contribution in [1.29, 1.82) is 0 Å². The van der Waals surface area contributed by atoms with Crippen LogP contribution in [0.15, 0.2) is 100 Å². The molecule has 0 saturated heterocycles. The molecule has 0 aliphatic carbocycles. The lowest BCUT2D eigenvalue weighted by Crippen LogP contribution is -2.15. The van der Waals surface area contributed by atoms with Gasteiger partial charge in [-0.15, -0.1) is 0 Å². The second-order valence-corrected chi connectivity index (χ2v) is 8.48. The summed E-state index contributed by atoms with van der Waals surface area (Å²) in [6.45, 7) is 1.80. The molecule has 8 heteroatoms. The molecule has 38 heavy (non-hydrogen) atoms. The zero-order valence-corrected chi connectivity index (χ0v) is 19.9. The van der Waals surface area contributed by atoms with Crippen LogP contribution in [0.1, 0.15) is 16.9 Å². The molecule has 0 saturated carbocycles. The van der Waals surface area contributed by atoms with Crippen molar-refractivity contribution < 1.29 is 31.9 Å². The first kappa shape index (κ1) is 24.8. The fraction of sp³-hybridized carbons (Fsp3) is 0.0667. The summed E-state index contributed by atoms with van der Waals surface area (Å²) in [5.74, 6) is -3.36. The van der Waals surface area contributed by atoms with Crippen molar-refractivity contribution >= 4 is 33.8 Å². The van der Waals surface area contributed by atoms with Gasteiger partial charge in [0.05, 0.1) is 5.39 Å². The highest BCUT2D eigenvalue weighted by Crippen LogP contribution is 2.38. The summed E-state index contributed by atoms with van der Waals surface area (Å²) in [4.78, 5) is 25.4. The molecule has 0 bridgehead atoms. The Labute approximate surface area is 214 Å². The maximum Gasteiger partial charge on any atom is 0.453 e. The van der Waals surface area contributed by atoms with Gasteiger partial charge in [0.2, 0.25) is 11.2 Å². The Hall–Kier alpha value is -4.85. The van der Waals surface area contributed by atoms with Gasteiger partial charge in [0.25, 0.3) is 5.76 Å². The van der Waals surface area contributed by atoms with Gasteiger partial charge in [-0.2, -0.15) is 13.2 Å². The molecule has 190 valence electrons. The molecule has 0 fully saturated rings. The first-order chi connectivity index (χ1) is 18.2. The van der Waals surface area contributed by atoms with E-state index < -0.39 is 34.7 Å². The van der Waals surface area contributed by atoms with E-state index in [0.29, 0.717) is 0 Å². The molecular weight excluding hydrogens is 497 g/mol. The third kappa shape index (κ3) is 5.15. The number of carbonyl (C=O) groups is 1. The maximum absolute atomic E-state index is 13.8. The number of benzene rings is 4. The van der Waals surface area contributed by atoms with E-state index in [2.05, 4.69) is 0 Å². The average molecular weight is 516 g/mol. The van der Waals surface area contributed by atoms with Crippen molar-refractivity contribution in [2.75, 3.05) is 0 Å². The van der Waals surface area contributed by atoms with Crippen LogP contribution in [0.3, 0.4) is 0 Å². The number of rotatable bonds is 5. The molecule has 0 spiro atoms. The largest absolute Gasteiger partial charge is 0.453 e.